The summed E-state index contributed by atoms with van der Waals surface area (Å²) in [6.45, 7) is 2.62. The molecular weight excluding hydrogens is 462 g/mol. The minimum Gasteiger partial charge on any atom is -0.493 e. The zero-order valence-corrected chi connectivity index (χ0v) is 20.8. The largest absolute Gasteiger partial charge is 0.493 e. The van der Waals surface area contributed by atoms with Crippen LogP contribution in [-0.4, -0.2) is 74.8 Å². The van der Waals surface area contributed by atoms with Crippen molar-refractivity contribution in [1.82, 2.24) is 9.80 Å². The molecule has 36 heavy (non-hydrogen) atoms. The summed E-state index contributed by atoms with van der Waals surface area (Å²) in [6.07, 6.45) is 4.39. The molecule has 192 valence electrons. The van der Waals surface area contributed by atoms with E-state index in [2.05, 4.69) is 10.2 Å². The average molecular weight is 496 g/mol. The fourth-order valence-corrected chi connectivity index (χ4v) is 5.50. The molecule has 1 aliphatic carbocycles. The minimum absolute atomic E-state index is 0.000401. The Hall–Kier alpha value is -3.46. The van der Waals surface area contributed by atoms with Crippen LogP contribution in [0, 0.1) is 5.92 Å². The van der Waals surface area contributed by atoms with E-state index in [0.717, 1.165) is 25.7 Å². The maximum Gasteiger partial charge on any atom is 0.254 e. The molecule has 0 aromatic heterocycles. The molecular formula is C27H33N3O6. The van der Waals surface area contributed by atoms with E-state index in [1.807, 2.05) is 23.1 Å². The number of amides is 2. The van der Waals surface area contributed by atoms with E-state index in [1.165, 1.54) is 0 Å². The van der Waals surface area contributed by atoms with E-state index in [0.29, 0.717) is 66.3 Å². The van der Waals surface area contributed by atoms with Gasteiger partial charge in [-0.05, 0) is 49.1 Å². The first-order chi connectivity index (χ1) is 17.6. The number of anilines is 1. The molecule has 2 aliphatic heterocycles. The van der Waals surface area contributed by atoms with Crippen LogP contribution < -0.4 is 24.3 Å². The van der Waals surface area contributed by atoms with Gasteiger partial charge in [0.2, 0.25) is 12.7 Å². The Morgan fingerprint density at radius 3 is 2.36 bits per heavy atom. The topological polar surface area (TPSA) is 89.6 Å². The van der Waals surface area contributed by atoms with Gasteiger partial charge < -0.3 is 29.2 Å². The Morgan fingerprint density at radius 1 is 0.917 bits per heavy atom. The van der Waals surface area contributed by atoms with Crippen LogP contribution in [0.3, 0.4) is 0 Å². The quantitative estimate of drug-likeness (QED) is 0.630. The Morgan fingerprint density at radius 2 is 1.64 bits per heavy atom. The lowest BCUT2D eigenvalue weighted by Gasteiger charge is -2.40. The molecule has 3 aliphatic rings. The summed E-state index contributed by atoms with van der Waals surface area (Å²) >= 11 is 0. The summed E-state index contributed by atoms with van der Waals surface area (Å²) in [5, 5.41) is 3.11. The predicted molar refractivity (Wildman–Crippen MR) is 134 cm³/mol. The number of hydrogen-bond acceptors (Lipinski definition) is 7. The van der Waals surface area contributed by atoms with Crippen LogP contribution in [0.15, 0.2) is 36.4 Å². The fraction of sp³-hybridized carbons (Fsp3) is 0.481. The van der Waals surface area contributed by atoms with Crippen molar-refractivity contribution in [2.45, 2.75) is 31.7 Å². The molecule has 1 saturated carbocycles. The van der Waals surface area contributed by atoms with Gasteiger partial charge in [-0.1, -0.05) is 12.8 Å². The molecule has 2 amide bonds. The summed E-state index contributed by atoms with van der Waals surface area (Å²) < 4.78 is 21.5. The van der Waals surface area contributed by atoms with Gasteiger partial charge in [0.15, 0.2) is 23.0 Å². The van der Waals surface area contributed by atoms with Crippen molar-refractivity contribution in [1.29, 1.82) is 0 Å². The van der Waals surface area contributed by atoms with Crippen molar-refractivity contribution >= 4 is 17.5 Å². The van der Waals surface area contributed by atoms with Gasteiger partial charge in [-0.2, -0.15) is 0 Å². The highest BCUT2D eigenvalue weighted by Crippen LogP contribution is 2.36. The second-order valence-electron chi connectivity index (χ2n) is 9.44. The average Bonchev–Trinajstić information content (AvgIpc) is 3.60. The number of nitrogens with zero attached hydrogens (tertiary/aromatic N) is 2. The number of benzene rings is 2. The van der Waals surface area contributed by atoms with E-state index >= 15 is 0 Å². The summed E-state index contributed by atoms with van der Waals surface area (Å²) in [5.74, 6) is 2.73. The lowest BCUT2D eigenvalue weighted by molar-refractivity contribution is -0.123. The van der Waals surface area contributed by atoms with Crippen LogP contribution in [0.2, 0.25) is 0 Å². The van der Waals surface area contributed by atoms with Crippen molar-refractivity contribution < 1.29 is 28.5 Å². The van der Waals surface area contributed by atoms with Crippen LogP contribution in [0.4, 0.5) is 5.69 Å². The first-order valence-electron chi connectivity index (χ1n) is 12.5. The molecule has 1 N–H and O–H groups in total. The van der Waals surface area contributed by atoms with Gasteiger partial charge >= 0.3 is 0 Å². The van der Waals surface area contributed by atoms with Gasteiger partial charge in [-0.25, -0.2) is 0 Å². The van der Waals surface area contributed by atoms with Crippen molar-refractivity contribution in [3.8, 4) is 23.0 Å². The van der Waals surface area contributed by atoms with Gasteiger partial charge in [0, 0.05) is 43.5 Å². The second-order valence-corrected chi connectivity index (χ2v) is 9.44. The molecule has 0 bridgehead atoms. The summed E-state index contributed by atoms with van der Waals surface area (Å²) in [5.41, 5.74) is 1.27. The Labute approximate surface area is 211 Å². The molecule has 2 aromatic rings. The van der Waals surface area contributed by atoms with Crippen LogP contribution in [-0.2, 0) is 4.79 Å². The van der Waals surface area contributed by atoms with E-state index < -0.39 is 0 Å². The van der Waals surface area contributed by atoms with Crippen LogP contribution >= 0.6 is 0 Å². The summed E-state index contributed by atoms with van der Waals surface area (Å²) in [4.78, 5) is 30.8. The van der Waals surface area contributed by atoms with Gasteiger partial charge in [-0.15, -0.1) is 0 Å². The van der Waals surface area contributed by atoms with E-state index in [1.54, 1.807) is 32.4 Å². The van der Waals surface area contributed by atoms with Gasteiger partial charge in [-0.3, -0.25) is 14.5 Å². The van der Waals surface area contributed by atoms with Crippen molar-refractivity contribution in [3.05, 3.63) is 42.0 Å². The molecule has 1 unspecified atom stereocenters. The van der Waals surface area contributed by atoms with Crippen molar-refractivity contribution in [2.24, 2.45) is 5.92 Å². The number of methoxy groups -OCH3 is 2. The number of hydrogen-bond donors (Lipinski definition) is 1. The van der Waals surface area contributed by atoms with E-state index in [9.17, 15) is 9.59 Å². The summed E-state index contributed by atoms with van der Waals surface area (Å²) in [7, 11) is 3.13. The standard InChI is InChI=1S/C27H33N3O6/c1-33-21-9-7-19(15-23(21)34-2)27(32)30-13-11-29(12-14-30)25(18-5-3-4-6-18)26(31)28-20-8-10-22-24(16-20)36-17-35-22/h7-10,15-16,18,25H,3-6,11-14,17H2,1-2H3,(H,28,31). The van der Waals surface area contributed by atoms with Crippen LogP contribution in [0.25, 0.3) is 0 Å². The van der Waals surface area contributed by atoms with Crippen molar-refractivity contribution in [2.75, 3.05) is 52.5 Å². The van der Waals surface area contributed by atoms with Gasteiger partial charge in [0.1, 0.15) is 0 Å². The van der Waals surface area contributed by atoms with Gasteiger partial charge in [0.05, 0.1) is 20.3 Å². The molecule has 1 atom stereocenters. The number of ether oxygens (including phenoxy) is 4. The normalized spacial score (nSPS) is 18.7. The molecule has 0 radical (unpaired) electrons. The summed E-state index contributed by atoms with van der Waals surface area (Å²) in [6, 6.07) is 10.5. The number of piperazine rings is 1. The lowest BCUT2D eigenvalue weighted by atomic mass is 9.94. The first-order valence-corrected chi connectivity index (χ1v) is 12.5. The third kappa shape index (κ3) is 4.93. The molecule has 5 rings (SSSR count). The minimum atomic E-state index is -0.226. The predicted octanol–water partition coefficient (Wildman–Crippen LogP) is 3.39. The molecule has 0 spiro atoms. The highest BCUT2D eigenvalue weighted by atomic mass is 16.7. The monoisotopic (exact) mass is 495 g/mol. The third-order valence-electron chi connectivity index (χ3n) is 7.38. The van der Waals surface area contributed by atoms with Crippen LogP contribution in [0.1, 0.15) is 36.0 Å². The molecule has 9 nitrogen and oxygen atoms in total. The van der Waals surface area contributed by atoms with Crippen LogP contribution in [0.5, 0.6) is 23.0 Å². The maximum atomic E-state index is 13.5. The maximum absolute atomic E-state index is 13.5. The molecule has 1 saturated heterocycles. The number of carbonyl (C=O) groups is 2. The third-order valence-corrected chi connectivity index (χ3v) is 7.38. The molecule has 2 aromatic carbocycles. The second kappa shape index (κ2) is 10.7. The van der Waals surface area contributed by atoms with E-state index in [-0.39, 0.29) is 24.6 Å². The smallest absolute Gasteiger partial charge is 0.254 e. The Balaban J connectivity index is 1.25. The number of carbonyl (C=O) groups excluding carboxylic acids is 2. The first kappa shape index (κ1) is 24.2. The highest BCUT2D eigenvalue weighted by Gasteiger charge is 2.37. The zero-order chi connectivity index (χ0) is 25.1. The molecule has 2 fully saturated rings. The Bertz CT molecular complexity index is 1110. The fourth-order valence-electron chi connectivity index (χ4n) is 5.50. The number of nitrogens with one attached hydrogen (secondary N) is 1. The molecule has 2 heterocycles. The zero-order valence-electron chi connectivity index (χ0n) is 20.8. The van der Waals surface area contributed by atoms with Gasteiger partial charge in [0.25, 0.3) is 5.91 Å². The SMILES string of the molecule is COc1ccc(C(=O)N2CCN(C(C(=O)Nc3ccc4c(c3)OCO4)C3CCCC3)CC2)cc1OC. The molecule has 9 heteroatoms. The van der Waals surface area contributed by atoms with E-state index in [4.69, 9.17) is 18.9 Å². The van der Waals surface area contributed by atoms with Crippen molar-refractivity contribution in [3.63, 3.8) is 0 Å². The highest BCUT2D eigenvalue weighted by molar-refractivity contribution is 5.96. The Kier molecular flexibility index (Phi) is 7.18. The number of fused-ring (bicyclic) bond motifs is 1. The number of rotatable bonds is 7. The lowest BCUT2D eigenvalue weighted by Crippen LogP contribution is -2.56.